The lowest BCUT2D eigenvalue weighted by Crippen LogP contribution is -2.45. The standard InChI is InChI=1S/C19H19N3O6S/c1-11-16(18(23)27-10-9-26-2)17(21-19(29)20-11)15-8-7-14(28-15)12-3-5-13(6-4-12)22(24)25/h3-8,17H,9-10H2,1-2H3,(H2,20,21,29)/t17-/m0/s1. The predicted molar refractivity (Wildman–Crippen MR) is 108 cm³/mol. The van der Waals surface area contributed by atoms with Crippen LogP contribution in [0.25, 0.3) is 11.3 Å². The quantitative estimate of drug-likeness (QED) is 0.231. The highest BCUT2D eigenvalue weighted by molar-refractivity contribution is 7.80. The second-order valence-electron chi connectivity index (χ2n) is 6.20. The molecule has 2 aromatic rings. The van der Waals surface area contributed by atoms with Crippen LogP contribution in [0.4, 0.5) is 5.69 Å². The van der Waals surface area contributed by atoms with Crippen molar-refractivity contribution in [3.05, 3.63) is 63.5 Å². The molecule has 1 aliphatic heterocycles. The van der Waals surface area contributed by atoms with Gasteiger partial charge in [-0.25, -0.2) is 4.79 Å². The van der Waals surface area contributed by atoms with Crippen molar-refractivity contribution in [1.29, 1.82) is 0 Å². The third-order valence-electron chi connectivity index (χ3n) is 4.28. The van der Waals surface area contributed by atoms with E-state index in [4.69, 9.17) is 26.1 Å². The summed E-state index contributed by atoms with van der Waals surface area (Å²) in [6.07, 6.45) is 0. The van der Waals surface area contributed by atoms with Gasteiger partial charge in [0.1, 0.15) is 24.2 Å². The Morgan fingerprint density at radius 1 is 1.24 bits per heavy atom. The lowest BCUT2D eigenvalue weighted by molar-refractivity contribution is -0.384. The molecule has 0 bridgehead atoms. The molecule has 29 heavy (non-hydrogen) atoms. The molecule has 0 radical (unpaired) electrons. The molecule has 9 nitrogen and oxygen atoms in total. The second kappa shape index (κ2) is 8.84. The predicted octanol–water partition coefficient (Wildman–Crippen LogP) is 2.84. The molecule has 2 heterocycles. The SMILES string of the molecule is COCCOC(=O)C1=C(C)NC(=S)N[C@H]1c1ccc(-c2ccc([N+](=O)[O-])cc2)o1. The molecule has 0 amide bonds. The van der Waals surface area contributed by atoms with Crippen LogP contribution in [-0.2, 0) is 14.3 Å². The molecule has 3 rings (SSSR count). The number of allylic oxidation sites excluding steroid dienone is 1. The van der Waals surface area contributed by atoms with E-state index in [0.717, 1.165) is 0 Å². The lowest BCUT2D eigenvalue weighted by atomic mass is 10.0. The number of benzene rings is 1. The average Bonchev–Trinajstić information content (AvgIpc) is 3.17. The summed E-state index contributed by atoms with van der Waals surface area (Å²) in [5.74, 6) is 0.450. The van der Waals surface area contributed by atoms with E-state index in [2.05, 4.69) is 10.6 Å². The Hall–Kier alpha value is -3.24. The van der Waals surface area contributed by atoms with E-state index in [0.29, 0.717) is 33.5 Å². The number of carbonyl (C=O) groups excluding carboxylic acids is 1. The third kappa shape index (κ3) is 4.61. The van der Waals surface area contributed by atoms with Crippen molar-refractivity contribution in [1.82, 2.24) is 10.6 Å². The summed E-state index contributed by atoms with van der Waals surface area (Å²) < 4.78 is 16.1. The maximum atomic E-state index is 12.6. The van der Waals surface area contributed by atoms with Crippen LogP contribution < -0.4 is 10.6 Å². The fourth-order valence-corrected chi connectivity index (χ4v) is 3.15. The van der Waals surface area contributed by atoms with E-state index < -0.39 is 16.9 Å². The molecule has 1 aromatic heterocycles. The largest absolute Gasteiger partial charge is 0.460 e. The van der Waals surface area contributed by atoms with Crippen molar-refractivity contribution in [2.45, 2.75) is 13.0 Å². The molecule has 1 atom stereocenters. The van der Waals surface area contributed by atoms with Crippen LogP contribution in [0.15, 0.2) is 52.1 Å². The summed E-state index contributed by atoms with van der Waals surface area (Å²) in [6, 6.07) is 8.82. The van der Waals surface area contributed by atoms with E-state index in [1.165, 1.54) is 19.2 Å². The Balaban J connectivity index is 1.87. The summed E-state index contributed by atoms with van der Waals surface area (Å²) >= 11 is 5.21. The van der Waals surface area contributed by atoms with Crippen molar-refractivity contribution in [2.24, 2.45) is 0 Å². The number of ether oxygens (including phenoxy) is 2. The average molecular weight is 417 g/mol. The normalized spacial score (nSPS) is 16.2. The van der Waals surface area contributed by atoms with Gasteiger partial charge in [0.2, 0.25) is 0 Å². The zero-order chi connectivity index (χ0) is 21.0. The number of hydrogen-bond acceptors (Lipinski definition) is 7. The summed E-state index contributed by atoms with van der Waals surface area (Å²) in [6.45, 7) is 2.13. The third-order valence-corrected chi connectivity index (χ3v) is 4.50. The van der Waals surface area contributed by atoms with Crippen LogP contribution in [0.5, 0.6) is 0 Å². The van der Waals surface area contributed by atoms with Gasteiger partial charge in [0.05, 0.1) is 17.1 Å². The molecule has 0 fully saturated rings. The number of esters is 1. The summed E-state index contributed by atoms with van der Waals surface area (Å²) in [4.78, 5) is 22.9. The van der Waals surface area contributed by atoms with Crippen molar-refractivity contribution in [2.75, 3.05) is 20.3 Å². The van der Waals surface area contributed by atoms with Gasteiger partial charge in [-0.15, -0.1) is 0 Å². The van der Waals surface area contributed by atoms with Crippen LogP contribution in [0, 0.1) is 10.1 Å². The Labute approximate surface area is 171 Å². The second-order valence-corrected chi connectivity index (χ2v) is 6.61. The Bertz CT molecular complexity index is 967. The first kappa shape index (κ1) is 20.5. The van der Waals surface area contributed by atoms with Crippen LogP contribution in [0.1, 0.15) is 18.7 Å². The first-order valence-corrected chi connectivity index (χ1v) is 9.10. The molecule has 0 aliphatic carbocycles. The van der Waals surface area contributed by atoms with E-state index >= 15 is 0 Å². The minimum absolute atomic E-state index is 0.00875. The maximum Gasteiger partial charge on any atom is 0.338 e. The van der Waals surface area contributed by atoms with Crippen LogP contribution in [0.2, 0.25) is 0 Å². The Morgan fingerprint density at radius 2 is 1.97 bits per heavy atom. The zero-order valence-electron chi connectivity index (χ0n) is 15.8. The Morgan fingerprint density at radius 3 is 2.62 bits per heavy atom. The number of nitro benzene ring substituents is 1. The van der Waals surface area contributed by atoms with Gasteiger partial charge in [0.25, 0.3) is 5.69 Å². The topological polar surface area (TPSA) is 116 Å². The highest BCUT2D eigenvalue weighted by atomic mass is 32.1. The van der Waals surface area contributed by atoms with Crippen LogP contribution >= 0.6 is 12.2 Å². The number of nitrogens with one attached hydrogen (secondary N) is 2. The monoisotopic (exact) mass is 417 g/mol. The Kier molecular flexibility index (Phi) is 6.25. The van der Waals surface area contributed by atoms with Gasteiger partial charge in [0.15, 0.2) is 5.11 Å². The summed E-state index contributed by atoms with van der Waals surface area (Å²) in [5, 5.41) is 17.1. The number of carbonyl (C=O) groups is 1. The van der Waals surface area contributed by atoms with Crippen LogP contribution in [-0.4, -0.2) is 36.3 Å². The van der Waals surface area contributed by atoms with E-state index in [1.807, 2.05) is 0 Å². The highest BCUT2D eigenvalue weighted by Gasteiger charge is 2.33. The molecule has 2 N–H and O–H groups in total. The molecule has 10 heteroatoms. The molecule has 1 aliphatic rings. The van der Waals surface area contributed by atoms with E-state index in [1.54, 1.807) is 31.2 Å². The van der Waals surface area contributed by atoms with Gasteiger partial charge in [-0.05, 0) is 43.4 Å². The number of methoxy groups -OCH3 is 1. The molecule has 0 saturated carbocycles. The smallest absolute Gasteiger partial charge is 0.338 e. The molecular weight excluding hydrogens is 398 g/mol. The minimum atomic E-state index is -0.634. The highest BCUT2D eigenvalue weighted by Crippen LogP contribution is 2.32. The van der Waals surface area contributed by atoms with Crippen molar-refractivity contribution >= 4 is 29.0 Å². The zero-order valence-corrected chi connectivity index (χ0v) is 16.6. The van der Waals surface area contributed by atoms with Gasteiger partial charge in [-0.1, -0.05) is 0 Å². The maximum absolute atomic E-state index is 12.6. The number of thiocarbonyl (C=S) groups is 1. The van der Waals surface area contributed by atoms with Gasteiger partial charge in [-0.3, -0.25) is 10.1 Å². The summed E-state index contributed by atoms with van der Waals surface area (Å²) in [5.41, 5.74) is 1.57. The summed E-state index contributed by atoms with van der Waals surface area (Å²) in [7, 11) is 1.52. The molecule has 0 spiro atoms. The van der Waals surface area contributed by atoms with Crippen molar-refractivity contribution in [3.8, 4) is 11.3 Å². The van der Waals surface area contributed by atoms with Gasteiger partial charge in [-0.2, -0.15) is 0 Å². The minimum Gasteiger partial charge on any atom is -0.460 e. The van der Waals surface area contributed by atoms with E-state index in [-0.39, 0.29) is 18.9 Å². The molecule has 0 saturated heterocycles. The lowest BCUT2D eigenvalue weighted by Gasteiger charge is -2.28. The van der Waals surface area contributed by atoms with E-state index in [9.17, 15) is 14.9 Å². The van der Waals surface area contributed by atoms with Gasteiger partial charge >= 0.3 is 5.97 Å². The fraction of sp³-hybridized carbons (Fsp3) is 0.263. The fourth-order valence-electron chi connectivity index (χ4n) is 2.88. The number of rotatable bonds is 7. The van der Waals surface area contributed by atoms with Gasteiger partial charge in [0, 0.05) is 30.5 Å². The molecule has 152 valence electrons. The first-order chi connectivity index (χ1) is 13.9. The number of nitrogens with zero attached hydrogens (tertiary/aromatic N) is 1. The van der Waals surface area contributed by atoms with Crippen LogP contribution in [0.3, 0.4) is 0 Å². The van der Waals surface area contributed by atoms with Crippen molar-refractivity contribution in [3.63, 3.8) is 0 Å². The molecule has 0 unspecified atom stereocenters. The number of nitro groups is 1. The molecular formula is C19H19N3O6S. The molecule has 1 aromatic carbocycles. The number of furan rings is 1. The number of non-ortho nitro benzene ring substituents is 1. The number of hydrogen-bond donors (Lipinski definition) is 2. The van der Waals surface area contributed by atoms with Gasteiger partial charge < -0.3 is 24.5 Å². The van der Waals surface area contributed by atoms with Crippen molar-refractivity contribution < 1.29 is 23.6 Å². The first-order valence-electron chi connectivity index (χ1n) is 8.69.